The molecule has 2 unspecified atom stereocenters. The first-order valence-electron chi connectivity index (χ1n) is 7.99. The Kier molecular flexibility index (Phi) is 4.24. The second-order valence-electron chi connectivity index (χ2n) is 5.81. The molecule has 2 aromatic heterocycles. The summed E-state index contributed by atoms with van der Waals surface area (Å²) in [5, 5.41) is 8.82. The molecule has 1 fully saturated rings. The summed E-state index contributed by atoms with van der Waals surface area (Å²) in [4.78, 5) is 7.94. The number of benzene rings is 1. The minimum atomic E-state index is -0.994. The van der Waals surface area contributed by atoms with Crippen LogP contribution in [0.5, 0.6) is 0 Å². The van der Waals surface area contributed by atoms with Crippen molar-refractivity contribution in [2.24, 2.45) is 0 Å². The zero-order valence-corrected chi connectivity index (χ0v) is 14.4. The smallest absolute Gasteiger partial charge is 0.217 e. The van der Waals surface area contributed by atoms with Crippen molar-refractivity contribution in [2.75, 3.05) is 6.61 Å². The molecule has 1 aliphatic heterocycles. The van der Waals surface area contributed by atoms with Gasteiger partial charge in [-0.15, -0.1) is 0 Å². The number of ether oxygens (including phenoxy) is 2. The van der Waals surface area contributed by atoms with Gasteiger partial charge in [0.05, 0.1) is 23.4 Å². The van der Waals surface area contributed by atoms with Crippen molar-refractivity contribution in [1.82, 2.24) is 29.5 Å². The average Bonchev–Trinajstić information content (AvgIpc) is 3.37. The van der Waals surface area contributed by atoms with Crippen molar-refractivity contribution in [1.29, 1.82) is 0 Å². The van der Waals surface area contributed by atoms with Gasteiger partial charge in [-0.05, 0) is 24.6 Å². The first-order chi connectivity index (χ1) is 12.2. The molecule has 8 nitrogen and oxygen atoms in total. The Morgan fingerprint density at radius 3 is 2.72 bits per heavy atom. The molecule has 1 saturated heterocycles. The highest BCUT2D eigenvalue weighted by Crippen LogP contribution is 2.40. The van der Waals surface area contributed by atoms with Gasteiger partial charge in [-0.2, -0.15) is 10.2 Å². The first kappa shape index (κ1) is 16.2. The third kappa shape index (κ3) is 3.04. The van der Waals surface area contributed by atoms with Crippen LogP contribution in [0.4, 0.5) is 0 Å². The van der Waals surface area contributed by atoms with Crippen LogP contribution in [0.25, 0.3) is 5.69 Å². The van der Waals surface area contributed by atoms with Gasteiger partial charge in [0.1, 0.15) is 31.9 Å². The Balaban J connectivity index is 1.72. The van der Waals surface area contributed by atoms with Gasteiger partial charge >= 0.3 is 0 Å². The number of rotatable bonds is 5. The van der Waals surface area contributed by atoms with Crippen molar-refractivity contribution in [3.63, 3.8) is 0 Å². The van der Waals surface area contributed by atoms with Gasteiger partial charge in [-0.3, -0.25) is 0 Å². The number of halogens is 1. The highest BCUT2D eigenvalue weighted by Gasteiger charge is 2.44. The van der Waals surface area contributed by atoms with Crippen LogP contribution in [-0.4, -0.2) is 42.2 Å². The van der Waals surface area contributed by atoms with Gasteiger partial charge in [0.25, 0.3) is 0 Å². The van der Waals surface area contributed by atoms with Gasteiger partial charge < -0.3 is 9.47 Å². The largest absolute Gasteiger partial charge is 0.342 e. The maximum absolute atomic E-state index is 6.58. The van der Waals surface area contributed by atoms with Crippen LogP contribution in [-0.2, 0) is 21.8 Å². The fourth-order valence-electron chi connectivity index (χ4n) is 2.90. The van der Waals surface area contributed by atoms with Crippen LogP contribution >= 0.6 is 11.6 Å². The lowest BCUT2D eigenvalue weighted by atomic mass is 10.0. The zero-order chi connectivity index (χ0) is 17.3. The van der Waals surface area contributed by atoms with Gasteiger partial charge in [0, 0.05) is 5.56 Å². The van der Waals surface area contributed by atoms with E-state index in [-0.39, 0.29) is 6.10 Å². The van der Waals surface area contributed by atoms with E-state index in [0.29, 0.717) is 18.2 Å². The minimum Gasteiger partial charge on any atom is -0.342 e. The molecule has 0 aliphatic carbocycles. The fourth-order valence-corrected chi connectivity index (χ4v) is 3.22. The van der Waals surface area contributed by atoms with Crippen LogP contribution < -0.4 is 0 Å². The molecule has 0 spiro atoms. The molecule has 3 aromatic rings. The average molecular weight is 361 g/mol. The molecule has 0 amide bonds. The Bertz CT molecular complexity index is 838. The lowest BCUT2D eigenvalue weighted by Gasteiger charge is -2.29. The van der Waals surface area contributed by atoms with E-state index in [1.807, 2.05) is 18.2 Å². The molecule has 9 heteroatoms. The van der Waals surface area contributed by atoms with Gasteiger partial charge in [-0.25, -0.2) is 19.3 Å². The third-order valence-corrected chi connectivity index (χ3v) is 4.51. The zero-order valence-electron chi connectivity index (χ0n) is 13.6. The van der Waals surface area contributed by atoms with Gasteiger partial charge in [0.15, 0.2) is 0 Å². The normalized spacial score (nSPS) is 23.2. The standard InChI is InChI=1S/C16H17ClN6O2/c1-2-13-6-24-16(25-13,7-22-10-18-8-20-22)14-4-3-12(5-15(14)17)23-11-19-9-21-23/h3-5,8-11,13H,2,6-7H2,1H3. The molecule has 0 radical (unpaired) electrons. The van der Waals surface area contributed by atoms with E-state index in [2.05, 4.69) is 27.1 Å². The van der Waals surface area contributed by atoms with E-state index in [1.165, 1.54) is 12.7 Å². The van der Waals surface area contributed by atoms with Crippen LogP contribution in [0, 0.1) is 0 Å². The van der Waals surface area contributed by atoms with Gasteiger partial charge in [0.2, 0.25) is 5.79 Å². The van der Waals surface area contributed by atoms with Gasteiger partial charge in [-0.1, -0.05) is 18.5 Å². The molecular formula is C16H17ClN6O2. The molecule has 0 bridgehead atoms. The number of aromatic nitrogens is 6. The summed E-state index contributed by atoms with van der Waals surface area (Å²) < 4.78 is 15.6. The quantitative estimate of drug-likeness (QED) is 0.694. The maximum Gasteiger partial charge on any atom is 0.217 e. The second kappa shape index (κ2) is 6.55. The number of hydrogen-bond donors (Lipinski definition) is 0. The van der Waals surface area contributed by atoms with Crippen LogP contribution in [0.1, 0.15) is 18.9 Å². The molecule has 0 saturated carbocycles. The van der Waals surface area contributed by atoms with E-state index in [4.69, 9.17) is 21.1 Å². The molecular weight excluding hydrogens is 344 g/mol. The monoisotopic (exact) mass is 360 g/mol. The molecule has 25 heavy (non-hydrogen) atoms. The van der Waals surface area contributed by atoms with E-state index in [1.54, 1.807) is 22.0 Å². The molecule has 2 atom stereocenters. The topological polar surface area (TPSA) is 79.9 Å². The number of hydrogen-bond acceptors (Lipinski definition) is 6. The summed E-state index contributed by atoms with van der Waals surface area (Å²) in [6, 6.07) is 5.62. The highest BCUT2D eigenvalue weighted by atomic mass is 35.5. The van der Waals surface area contributed by atoms with Crippen molar-refractivity contribution in [2.45, 2.75) is 31.8 Å². The Labute approximate surface area is 149 Å². The summed E-state index contributed by atoms with van der Waals surface area (Å²) in [6.07, 6.45) is 7.07. The Morgan fingerprint density at radius 2 is 2.08 bits per heavy atom. The molecule has 4 rings (SSSR count). The second-order valence-corrected chi connectivity index (χ2v) is 6.22. The van der Waals surface area contributed by atoms with Crippen molar-refractivity contribution < 1.29 is 9.47 Å². The predicted molar refractivity (Wildman–Crippen MR) is 89.2 cm³/mol. The Hall–Kier alpha value is -2.29. The van der Waals surface area contributed by atoms with Crippen molar-refractivity contribution in [3.8, 4) is 5.69 Å². The van der Waals surface area contributed by atoms with Crippen LogP contribution in [0.2, 0.25) is 5.02 Å². The minimum absolute atomic E-state index is 0.00887. The highest BCUT2D eigenvalue weighted by molar-refractivity contribution is 6.31. The number of nitrogens with zero attached hydrogens (tertiary/aromatic N) is 6. The van der Waals surface area contributed by atoms with E-state index >= 15 is 0 Å². The first-order valence-corrected chi connectivity index (χ1v) is 8.37. The summed E-state index contributed by atoms with van der Waals surface area (Å²) >= 11 is 6.58. The summed E-state index contributed by atoms with van der Waals surface area (Å²) in [7, 11) is 0. The predicted octanol–water partition coefficient (Wildman–Crippen LogP) is 2.19. The SMILES string of the molecule is CCC1COC(Cn2cncn2)(c2ccc(-n3cncn3)cc2Cl)O1. The van der Waals surface area contributed by atoms with E-state index in [0.717, 1.165) is 17.7 Å². The summed E-state index contributed by atoms with van der Waals surface area (Å²) in [6.45, 7) is 2.94. The fraction of sp³-hybridized carbons (Fsp3) is 0.375. The molecule has 1 aromatic carbocycles. The molecule has 130 valence electrons. The van der Waals surface area contributed by atoms with E-state index < -0.39 is 5.79 Å². The van der Waals surface area contributed by atoms with Crippen LogP contribution in [0.15, 0.2) is 43.5 Å². The maximum atomic E-state index is 6.58. The summed E-state index contributed by atoms with van der Waals surface area (Å²) in [5.74, 6) is -0.994. The lowest BCUT2D eigenvalue weighted by molar-refractivity contribution is -0.188. The summed E-state index contributed by atoms with van der Waals surface area (Å²) in [5.41, 5.74) is 1.57. The Morgan fingerprint density at radius 1 is 1.24 bits per heavy atom. The van der Waals surface area contributed by atoms with E-state index in [9.17, 15) is 0 Å². The van der Waals surface area contributed by atoms with Crippen molar-refractivity contribution >= 4 is 11.6 Å². The third-order valence-electron chi connectivity index (χ3n) is 4.20. The lowest BCUT2D eigenvalue weighted by Crippen LogP contribution is -2.34. The van der Waals surface area contributed by atoms with Crippen molar-refractivity contribution in [3.05, 3.63) is 54.1 Å². The molecule has 0 N–H and O–H groups in total. The van der Waals surface area contributed by atoms with Crippen LogP contribution in [0.3, 0.4) is 0 Å². The molecule has 1 aliphatic rings. The molecule has 3 heterocycles.